The van der Waals surface area contributed by atoms with Crippen LogP contribution in [-0.4, -0.2) is 22.3 Å². The van der Waals surface area contributed by atoms with Crippen molar-refractivity contribution in [1.29, 1.82) is 0 Å². The van der Waals surface area contributed by atoms with E-state index < -0.39 is 0 Å². The molecule has 24 heavy (non-hydrogen) atoms. The van der Waals surface area contributed by atoms with E-state index in [0.29, 0.717) is 32.0 Å². The topological polar surface area (TPSA) is 69.3 Å². The molecule has 1 aliphatic rings. The lowest BCUT2D eigenvalue weighted by Crippen LogP contribution is -2.23. The Kier molecular flexibility index (Phi) is 5.04. The maximum atomic E-state index is 12.1. The van der Waals surface area contributed by atoms with E-state index in [1.165, 1.54) is 11.3 Å². The van der Waals surface area contributed by atoms with Gasteiger partial charge in [-0.2, -0.15) is 5.10 Å². The molecule has 1 amide bonds. The number of aryl methyl sites for hydroxylation is 2. The molecule has 3 rings (SSSR count). The third kappa shape index (κ3) is 3.70. The first-order valence-corrected chi connectivity index (χ1v) is 8.53. The van der Waals surface area contributed by atoms with Gasteiger partial charge in [0, 0.05) is 36.6 Å². The van der Waals surface area contributed by atoms with E-state index in [0.717, 1.165) is 30.2 Å². The highest BCUT2D eigenvalue weighted by atomic mass is 16.5. The summed E-state index contributed by atoms with van der Waals surface area (Å²) in [6.07, 6.45) is 1.94. The molecule has 1 aliphatic heterocycles. The lowest BCUT2D eigenvalue weighted by atomic mass is 10.1. The van der Waals surface area contributed by atoms with Gasteiger partial charge in [-0.15, -0.1) is 0 Å². The third-order valence-corrected chi connectivity index (χ3v) is 4.27. The normalized spacial score (nSPS) is 14.0. The van der Waals surface area contributed by atoms with E-state index in [-0.39, 0.29) is 5.91 Å². The Labute approximate surface area is 142 Å². The van der Waals surface area contributed by atoms with E-state index in [4.69, 9.17) is 14.3 Å². The lowest BCUT2D eigenvalue weighted by Gasteiger charge is -2.16. The van der Waals surface area contributed by atoms with Gasteiger partial charge in [0.25, 0.3) is 0 Å². The van der Waals surface area contributed by atoms with Crippen molar-refractivity contribution in [3.63, 3.8) is 0 Å². The van der Waals surface area contributed by atoms with Crippen molar-refractivity contribution in [3.8, 4) is 0 Å². The average molecular weight is 331 g/mol. The summed E-state index contributed by atoms with van der Waals surface area (Å²) in [7, 11) is 0. The summed E-state index contributed by atoms with van der Waals surface area (Å²) >= 11 is 0. The molecule has 6 heteroatoms. The van der Waals surface area contributed by atoms with Crippen molar-refractivity contribution in [3.05, 3.63) is 40.6 Å². The number of furan rings is 1. The first kappa shape index (κ1) is 16.8. The Morgan fingerprint density at radius 1 is 1.42 bits per heavy atom. The molecular formula is C18H25N3O3. The smallest absolute Gasteiger partial charge is 0.220 e. The van der Waals surface area contributed by atoms with E-state index in [1.54, 1.807) is 0 Å². The van der Waals surface area contributed by atoms with Gasteiger partial charge in [-0.25, -0.2) is 0 Å². The Hall–Kier alpha value is -2.08. The number of carbonyl (C=O) groups excluding carboxylic acids is 1. The van der Waals surface area contributed by atoms with Crippen LogP contribution in [0.2, 0.25) is 0 Å². The van der Waals surface area contributed by atoms with Crippen LogP contribution in [0.15, 0.2) is 16.5 Å². The van der Waals surface area contributed by atoms with Crippen molar-refractivity contribution in [2.75, 3.05) is 6.61 Å². The second-order valence-electron chi connectivity index (χ2n) is 6.50. The van der Waals surface area contributed by atoms with Crippen molar-refractivity contribution in [1.82, 2.24) is 15.1 Å². The highest BCUT2D eigenvalue weighted by molar-refractivity contribution is 5.76. The zero-order valence-corrected chi connectivity index (χ0v) is 14.6. The molecule has 2 aromatic rings. The maximum Gasteiger partial charge on any atom is 0.220 e. The zero-order valence-electron chi connectivity index (χ0n) is 14.6. The van der Waals surface area contributed by atoms with Crippen LogP contribution in [0, 0.1) is 6.92 Å². The number of nitrogens with zero attached hydrogens (tertiary/aromatic N) is 2. The minimum atomic E-state index is 0.00799. The van der Waals surface area contributed by atoms with Crippen LogP contribution in [-0.2, 0) is 35.5 Å². The predicted molar refractivity (Wildman–Crippen MR) is 89.6 cm³/mol. The van der Waals surface area contributed by atoms with E-state index in [2.05, 4.69) is 23.8 Å². The number of fused-ring (bicyclic) bond motifs is 1. The van der Waals surface area contributed by atoms with Crippen LogP contribution in [0.3, 0.4) is 0 Å². The summed E-state index contributed by atoms with van der Waals surface area (Å²) in [5, 5.41) is 7.62. The first-order valence-electron chi connectivity index (χ1n) is 8.53. The fraction of sp³-hybridized carbons (Fsp3) is 0.556. The van der Waals surface area contributed by atoms with Crippen molar-refractivity contribution in [2.24, 2.45) is 0 Å². The van der Waals surface area contributed by atoms with Crippen LogP contribution < -0.4 is 5.32 Å². The molecule has 3 heterocycles. The number of hydrogen-bond donors (Lipinski definition) is 1. The molecule has 6 nitrogen and oxygen atoms in total. The molecule has 0 spiro atoms. The molecular weight excluding hydrogens is 306 g/mol. The number of nitrogens with one attached hydrogen (secondary N) is 1. The Morgan fingerprint density at radius 3 is 2.96 bits per heavy atom. The minimum absolute atomic E-state index is 0.00799. The Morgan fingerprint density at radius 2 is 2.25 bits per heavy atom. The van der Waals surface area contributed by atoms with E-state index in [1.807, 2.05) is 19.1 Å². The SMILES string of the molecule is Cc1ccc(CNC(=O)CCc2nn(C(C)C)c3c2COCC3)o1. The first-order chi connectivity index (χ1) is 11.5. The standard InChI is InChI=1S/C18H25N3O3/c1-12(2)21-17-8-9-23-11-15(17)16(20-21)6-7-18(22)19-10-14-5-4-13(3)24-14/h4-5,12H,6-11H2,1-3H3,(H,19,22). The summed E-state index contributed by atoms with van der Waals surface area (Å²) in [6.45, 7) is 7.92. The largest absolute Gasteiger partial charge is 0.465 e. The molecule has 0 unspecified atom stereocenters. The molecule has 0 atom stereocenters. The number of rotatable bonds is 6. The predicted octanol–water partition coefficient (Wildman–Crippen LogP) is 2.69. The minimum Gasteiger partial charge on any atom is -0.465 e. The zero-order chi connectivity index (χ0) is 17.1. The average Bonchev–Trinajstić information content (AvgIpc) is 3.14. The monoisotopic (exact) mass is 331 g/mol. The van der Waals surface area contributed by atoms with Crippen molar-refractivity contribution in [2.45, 2.75) is 59.2 Å². The summed E-state index contributed by atoms with van der Waals surface area (Å²) < 4.78 is 13.1. The molecule has 0 saturated heterocycles. The third-order valence-electron chi connectivity index (χ3n) is 4.27. The Balaban J connectivity index is 1.59. The molecule has 0 bridgehead atoms. The number of aromatic nitrogens is 2. The second-order valence-corrected chi connectivity index (χ2v) is 6.50. The molecule has 0 radical (unpaired) electrons. The summed E-state index contributed by atoms with van der Waals surface area (Å²) in [5.41, 5.74) is 3.42. The number of ether oxygens (including phenoxy) is 1. The Bertz CT molecular complexity index is 715. The van der Waals surface area contributed by atoms with E-state index >= 15 is 0 Å². The van der Waals surface area contributed by atoms with Crippen LogP contribution in [0.4, 0.5) is 0 Å². The van der Waals surface area contributed by atoms with E-state index in [9.17, 15) is 4.79 Å². The fourth-order valence-electron chi connectivity index (χ4n) is 3.04. The molecule has 130 valence electrons. The van der Waals surface area contributed by atoms with Gasteiger partial charge in [-0.05, 0) is 32.9 Å². The van der Waals surface area contributed by atoms with Crippen LogP contribution in [0.25, 0.3) is 0 Å². The maximum absolute atomic E-state index is 12.1. The lowest BCUT2D eigenvalue weighted by molar-refractivity contribution is -0.121. The van der Waals surface area contributed by atoms with Crippen LogP contribution >= 0.6 is 0 Å². The number of carbonyl (C=O) groups is 1. The molecule has 0 aliphatic carbocycles. The summed E-state index contributed by atoms with van der Waals surface area (Å²) in [5.74, 6) is 1.63. The molecule has 1 N–H and O–H groups in total. The van der Waals surface area contributed by atoms with Gasteiger partial charge >= 0.3 is 0 Å². The summed E-state index contributed by atoms with van der Waals surface area (Å²) in [6, 6.07) is 4.10. The van der Waals surface area contributed by atoms with Crippen molar-refractivity contribution < 1.29 is 13.9 Å². The van der Waals surface area contributed by atoms with Gasteiger partial charge in [-0.1, -0.05) is 0 Å². The molecule has 0 saturated carbocycles. The number of amides is 1. The number of hydrogen-bond acceptors (Lipinski definition) is 4. The highest BCUT2D eigenvalue weighted by Crippen LogP contribution is 2.24. The molecule has 2 aromatic heterocycles. The van der Waals surface area contributed by atoms with Gasteiger partial charge in [0.05, 0.1) is 25.5 Å². The fourth-order valence-corrected chi connectivity index (χ4v) is 3.04. The van der Waals surface area contributed by atoms with Gasteiger partial charge in [-0.3, -0.25) is 9.48 Å². The van der Waals surface area contributed by atoms with Crippen molar-refractivity contribution >= 4 is 5.91 Å². The van der Waals surface area contributed by atoms with Gasteiger partial charge in [0.15, 0.2) is 0 Å². The highest BCUT2D eigenvalue weighted by Gasteiger charge is 2.22. The quantitative estimate of drug-likeness (QED) is 0.883. The van der Waals surface area contributed by atoms with Gasteiger partial charge in [0.2, 0.25) is 5.91 Å². The van der Waals surface area contributed by atoms with Crippen LogP contribution in [0.1, 0.15) is 54.8 Å². The molecule has 0 fully saturated rings. The van der Waals surface area contributed by atoms with Crippen LogP contribution in [0.5, 0.6) is 0 Å². The molecule has 0 aromatic carbocycles. The summed E-state index contributed by atoms with van der Waals surface area (Å²) in [4.78, 5) is 12.1. The van der Waals surface area contributed by atoms with Gasteiger partial charge < -0.3 is 14.5 Å². The second kappa shape index (κ2) is 7.21. The van der Waals surface area contributed by atoms with Gasteiger partial charge in [0.1, 0.15) is 11.5 Å².